The van der Waals surface area contributed by atoms with Crippen LogP contribution in [0.5, 0.6) is 0 Å². The van der Waals surface area contributed by atoms with Crippen LogP contribution in [0.3, 0.4) is 0 Å². The zero-order valence-corrected chi connectivity index (χ0v) is 43.7. The second-order valence-electron chi connectivity index (χ2n) is 17.6. The highest BCUT2D eigenvalue weighted by Gasteiger charge is 2.26. The van der Waals surface area contributed by atoms with Gasteiger partial charge in [-0.05, 0) is 91.4 Å². The Morgan fingerprint density at radius 3 is 1.47 bits per heavy atom. The van der Waals surface area contributed by atoms with Crippen LogP contribution in [0.15, 0.2) is 181 Å². The van der Waals surface area contributed by atoms with E-state index in [0.29, 0.717) is 66.7 Å². The van der Waals surface area contributed by atoms with Crippen LogP contribution < -0.4 is 44.3 Å². The number of carbonyl (C=O) groups excluding carboxylic acids is 3. The van der Waals surface area contributed by atoms with Crippen molar-refractivity contribution in [1.82, 2.24) is 54.3 Å². The van der Waals surface area contributed by atoms with Crippen LogP contribution in [0.4, 0.5) is 11.6 Å². The fraction of sp³-hybridized carbons (Fsp3) is 0.100. The standard InChI is InChI=1S/C30H25N7O3.C27H23N7O2.C3H4O2/c1-3-24(38)32-15-8-12-20-10-7-11-21-18-23(37(30(40)25(20)21)22-13-5-4-6-14-22)19(2)34-29(39)26-27(31)35-36-17-9-16-33-28(26)36;1-17(31-26(35)23-24(29)32-33-15-7-14-30-25(23)33)21-16-19-9-5-8-18(10-6-13-28)22(19)27(36)34(21)20-11-3-2-4-12-20;1-2-3(4)5/h3-7,9-11,13-14,16-19H,1,15H2,2H3,(H2,31,35)(H,32,38)(H,34,39);2-5,7-9,11-12,14-17H,13,28H2,1H3,(H2,29,32)(H,31,35);2H,1H2,(H,4,5)/t19-;17-;/m00./s1. The Bertz CT molecular complexity index is 4330. The maximum absolute atomic E-state index is 14.1. The molecule has 0 spiro atoms. The Hall–Kier alpha value is -11.4. The van der Waals surface area contributed by atoms with Crippen LogP contribution in [-0.2, 0) is 9.59 Å². The van der Waals surface area contributed by atoms with Crippen molar-refractivity contribution in [2.45, 2.75) is 25.9 Å². The number of para-hydroxylation sites is 2. The van der Waals surface area contributed by atoms with Crippen molar-refractivity contribution in [3.05, 3.63) is 226 Å². The predicted octanol–water partition coefficient (Wildman–Crippen LogP) is 5.43. The Morgan fingerprint density at radius 2 is 1.06 bits per heavy atom. The van der Waals surface area contributed by atoms with E-state index in [-0.39, 0.29) is 52.9 Å². The Morgan fingerprint density at radius 1 is 0.630 bits per heavy atom. The van der Waals surface area contributed by atoms with Gasteiger partial charge in [0.25, 0.3) is 22.9 Å². The first-order valence-electron chi connectivity index (χ1n) is 24.9. The molecule has 0 aliphatic rings. The first-order chi connectivity index (χ1) is 39.1. The van der Waals surface area contributed by atoms with Crippen LogP contribution in [0.25, 0.3) is 44.2 Å². The molecular weight excluding hydrogens is 1030 g/mol. The third-order valence-electron chi connectivity index (χ3n) is 12.3. The zero-order valence-electron chi connectivity index (χ0n) is 43.7. The summed E-state index contributed by atoms with van der Waals surface area (Å²) in [4.78, 5) is 83.8. The maximum atomic E-state index is 14.1. The number of aliphatic carboxylic acids is 1. The van der Waals surface area contributed by atoms with Crippen LogP contribution in [0, 0.1) is 23.7 Å². The fourth-order valence-electron chi connectivity index (χ4n) is 8.71. The lowest BCUT2D eigenvalue weighted by Gasteiger charge is -2.21. The average molecular weight is 1080 g/mol. The number of rotatable bonds is 11. The van der Waals surface area contributed by atoms with E-state index < -0.39 is 29.9 Å². The fourth-order valence-corrected chi connectivity index (χ4v) is 8.71. The Balaban J connectivity index is 0.000000197. The van der Waals surface area contributed by atoms with E-state index in [4.69, 9.17) is 22.3 Å². The van der Waals surface area contributed by atoms with E-state index in [2.05, 4.69) is 73.0 Å². The van der Waals surface area contributed by atoms with Gasteiger partial charge in [0.05, 0.1) is 35.9 Å². The molecule has 0 aliphatic heterocycles. The third kappa shape index (κ3) is 12.2. The normalized spacial score (nSPS) is 11.2. The summed E-state index contributed by atoms with van der Waals surface area (Å²) < 4.78 is 6.05. The number of amides is 3. The minimum Gasteiger partial charge on any atom is -0.478 e. The lowest BCUT2D eigenvalue weighted by Crippen LogP contribution is -2.32. The van der Waals surface area contributed by atoms with Crippen LogP contribution in [-0.4, -0.2) is 80.2 Å². The molecule has 0 saturated carbocycles. The molecule has 21 heteroatoms. The number of hydrogen-bond donors (Lipinski definition) is 7. The van der Waals surface area contributed by atoms with Gasteiger partial charge in [-0.25, -0.2) is 23.8 Å². The molecule has 0 fully saturated rings. The number of pyridine rings is 2. The minimum absolute atomic E-state index is 0.0508. The summed E-state index contributed by atoms with van der Waals surface area (Å²) >= 11 is 0. The van der Waals surface area contributed by atoms with E-state index in [9.17, 15) is 28.8 Å². The summed E-state index contributed by atoms with van der Waals surface area (Å²) in [6.07, 6.45) is 8.45. The zero-order chi connectivity index (χ0) is 57.7. The molecule has 404 valence electrons. The van der Waals surface area contributed by atoms with Crippen LogP contribution in [0.1, 0.15) is 69.2 Å². The highest BCUT2D eigenvalue weighted by atomic mass is 16.4. The number of carboxylic acids is 1. The number of carboxylic acid groups (broad SMARTS) is 1. The first-order valence-corrected chi connectivity index (χ1v) is 24.9. The van der Waals surface area contributed by atoms with Gasteiger partial charge in [0.2, 0.25) is 5.91 Å². The molecule has 0 radical (unpaired) electrons. The molecule has 10 rings (SSSR count). The maximum Gasteiger partial charge on any atom is 0.327 e. The average Bonchev–Trinajstić information content (AvgIpc) is 4.09. The van der Waals surface area contributed by atoms with Gasteiger partial charge in [-0.2, -0.15) is 0 Å². The molecule has 21 nitrogen and oxygen atoms in total. The van der Waals surface area contributed by atoms with Crippen molar-refractivity contribution in [2.75, 3.05) is 24.6 Å². The molecule has 6 heterocycles. The van der Waals surface area contributed by atoms with Gasteiger partial charge in [0.1, 0.15) is 11.1 Å². The monoisotopic (exact) mass is 1080 g/mol. The summed E-state index contributed by atoms with van der Waals surface area (Å²) in [5.41, 5.74) is 21.7. The van der Waals surface area contributed by atoms with Crippen molar-refractivity contribution < 1.29 is 24.3 Å². The van der Waals surface area contributed by atoms with E-state index in [1.54, 1.807) is 71.2 Å². The second kappa shape index (κ2) is 25.2. The molecule has 0 unspecified atom stereocenters. The molecule has 4 aromatic carbocycles. The summed E-state index contributed by atoms with van der Waals surface area (Å²) in [6.45, 7) is 10.3. The molecular formula is C60H52N14O7. The largest absolute Gasteiger partial charge is 0.478 e. The summed E-state index contributed by atoms with van der Waals surface area (Å²) in [6, 6.07) is 35.3. The molecule has 10 N–H and O–H groups in total. The van der Waals surface area contributed by atoms with Gasteiger partial charge in [-0.1, -0.05) is 97.5 Å². The van der Waals surface area contributed by atoms with E-state index in [1.165, 1.54) is 15.1 Å². The Labute approximate surface area is 462 Å². The first kappa shape index (κ1) is 55.8. The van der Waals surface area contributed by atoms with Gasteiger partial charge < -0.3 is 38.3 Å². The van der Waals surface area contributed by atoms with Crippen LogP contribution >= 0.6 is 0 Å². The number of nitrogens with one attached hydrogen (secondary N) is 3. The van der Waals surface area contributed by atoms with Crippen molar-refractivity contribution in [3.63, 3.8) is 0 Å². The van der Waals surface area contributed by atoms with E-state index >= 15 is 0 Å². The molecule has 0 bridgehead atoms. The number of nitrogens with zero attached hydrogens (tertiary/aromatic N) is 8. The van der Waals surface area contributed by atoms with Gasteiger partial charge in [-0.15, -0.1) is 10.2 Å². The predicted molar refractivity (Wildman–Crippen MR) is 310 cm³/mol. The van der Waals surface area contributed by atoms with E-state index in [1.807, 2.05) is 97.9 Å². The number of anilines is 2. The number of benzene rings is 4. The number of hydrogen-bond acceptors (Lipinski definition) is 13. The molecule has 6 aromatic heterocycles. The molecule has 0 saturated heterocycles. The van der Waals surface area contributed by atoms with Gasteiger partial charge in [0, 0.05) is 64.8 Å². The molecule has 10 aromatic rings. The lowest BCUT2D eigenvalue weighted by atomic mass is 10.0. The quantitative estimate of drug-likeness (QED) is 0.0628. The smallest absolute Gasteiger partial charge is 0.327 e. The SMILES string of the molecule is C=CC(=O)NCC#Cc1cccc2cc([C@H](C)NC(=O)c3c(N)nn4cccnc34)n(-c3ccccc3)c(=O)c12.C=CC(=O)O.C[C@H](NC(=O)c1c(N)nn2cccnc12)c1cc2cccc(C#CCN)c2c(=O)n1-c1ccccc1. The number of aromatic nitrogens is 8. The summed E-state index contributed by atoms with van der Waals surface area (Å²) in [5, 5.41) is 26.7. The molecule has 0 aliphatic carbocycles. The highest BCUT2D eigenvalue weighted by molar-refractivity contribution is 6.05. The van der Waals surface area contributed by atoms with Crippen LogP contribution in [0.2, 0.25) is 0 Å². The second-order valence-corrected chi connectivity index (χ2v) is 17.6. The van der Waals surface area contributed by atoms with Gasteiger partial charge in [-0.3, -0.25) is 33.1 Å². The van der Waals surface area contributed by atoms with Crippen molar-refractivity contribution in [1.29, 1.82) is 0 Å². The molecule has 81 heavy (non-hydrogen) atoms. The summed E-state index contributed by atoms with van der Waals surface area (Å²) in [5.74, 6) is 9.61. The molecule has 3 amide bonds. The number of nitrogen functional groups attached to an aromatic ring is 2. The lowest BCUT2D eigenvalue weighted by molar-refractivity contribution is -0.131. The van der Waals surface area contributed by atoms with Gasteiger partial charge >= 0.3 is 5.97 Å². The topological polar surface area (TPSA) is 307 Å². The summed E-state index contributed by atoms with van der Waals surface area (Å²) in [7, 11) is 0. The van der Waals surface area contributed by atoms with Gasteiger partial charge in [0.15, 0.2) is 22.9 Å². The number of fused-ring (bicyclic) bond motifs is 4. The van der Waals surface area contributed by atoms with E-state index in [0.717, 1.165) is 6.08 Å². The minimum atomic E-state index is -0.981. The van der Waals surface area contributed by atoms with Crippen molar-refractivity contribution in [3.8, 4) is 35.1 Å². The van der Waals surface area contributed by atoms with Crippen molar-refractivity contribution in [2.24, 2.45) is 5.73 Å². The van der Waals surface area contributed by atoms with Crippen molar-refractivity contribution >= 4 is 68.2 Å². The number of carbonyl (C=O) groups is 4. The number of nitrogens with two attached hydrogens (primary N) is 3. The highest BCUT2D eigenvalue weighted by Crippen LogP contribution is 2.27. The third-order valence-corrected chi connectivity index (χ3v) is 12.3. The Kier molecular flexibility index (Phi) is 17.3. The molecule has 2 atom stereocenters.